The van der Waals surface area contributed by atoms with E-state index in [0.717, 1.165) is 17.9 Å². The van der Waals surface area contributed by atoms with Crippen molar-refractivity contribution < 1.29 is 0 Å². The molecule has 0 aromatic heterocycles. The Morgan fingerprint density at radius 3 is 2.00 bits per heavy atom. The first-order chi connectivity index (χ1) is 6.38. The van der Waals surface area contributed by atoms with Crippen molar-refractivity contribution >= 4 is 0 Å². The van der Waals surface area contributed by atoms with Crippen molar-refractivity contribution in [2.45, 2.75) is 57.4 Å². The van der Waals surface area contributed by atoms with Gasteiger partial charge in [-0.15, -0.1) is 0 Å². The maximum Gasteiger partial charge on any atom is 0.00693 e. The molecule has 2 aliphatic carbocycles. The molecule has 1 nitrogen and oxygen atoms in total. The topological polar surface area (TPSA) is 12.0 Å². The van der Waals surface area contributed by atoms with Crippen LogP contribution in [0.3, 0.4) is 0 Å². The highest BCUT2D eigenvalue weighted by molar-refractivity contribution is 4.82. The van der Waals surface area contributed by atoms with E-state index in [1.165, 1.54) is 51.4 Å². The highest BCUT2D eigenvalue weighted by Gasteiger charge is 2.27. The summed E-state index contributed by atoms with van der Waals surface area (Å²) in [5, 5.41) is 3.50. The predicted molar refractivity (Wildman–Crippen MR) is 56.8 cm³/mol. The molecule has 13 heavy (non-hydrogen) atoms. The lowest BCUT2D eigenvalue weighted by molar-refractivity contribution is 0.376. The van der Waals surface area contributed by atoms with Crippen LogP contribution in [0.25, 0.3) is 0 Å². The summed E-state index contributed by atoms with van der Waals surface area (Å²) >= 11 is 0. The summed E-state index contributed by atoms with van der Waals surface area (Å²) in [6.07, 6.45) is 11.9. The van der Waals surface area contributed by atoms with E-state index in [2.05, 4.69) is 12.4 Å². The van der Waals surface area contributed by atoms with Crippen molar-refractivity contribution in [2.75, 3.05) is 7.05 Å². The van der Waals surface area contributed by atoms with Gasteiger partial charge >= 0.3 is 0 Å². The number of hydrogen-bond donors (Lipinski definition) is 1. The van der Waals surface area contributed by atoms with Gasteiger partial charge in [-0.25, -0.2) is 0 Å². The molecule has 2 fully saturated rings. The summed E-state index contributed by atoms with van der Waals surface area (Å²) in [4.78, 5) is 0. The van der Waals surface area contributed by atoms with E-state index in [1.54, 1.807) is 0 Å². The van der Waals surface area contributed by atoms with Gasteiger partial charge in [-0.3, -0.25) is 0 Å². The molecule has 0 aromatic rings. The summed E-state index contributed by atoms with van der Waals surface area (Å²) in [5.41, 5.74) is 0. The molecular weight excluding hydrogens is 158 g/mol. The van der Waals surface area contributed by atoms with Crippen molar-refractivity contribution in [2.24, 2.45) is 11.8 Å². The maximum absolute atomic E-state index is 3.50. The van der Waals surface area contributed by atoms with Crippen LogP contribution in [0.4, 0.5) is 0 Å². The Morgan fingerprint density at radius 2 is 1.54 bits per heavy atom. The zero-order chi connectivity index (χ0) is 9.10. The fourth-order valence-electron chi connectivity index (χ4n) is 2.74. The third kappa shape index (κ3) is 2.98. The molecule has 2 rings (SSSR count). The second-order valence-corrected chi connectivity index (χ2v) is 5.05. The van der Waals surface area contributed by atoms with Crippen LogP contribution in [-0.4, -0.2) is 13.1 Å². The average molecular weight is 181 g/mol. The van der Waals surface area contributed by atoms with Gasteiger partial charge in [0.05, 0.1) is 0 Å². The van der Waals surface area contributed by atoms with Crippen LogP contribution in [0.5, 0.6) is 0 Å². The van der Waals surface area contributed by atoms with Gasteiger partial charge < -0.3 is 5.32 Å². The summed E-state index contributed by atoms with van der Waals surface area (Å²) in [6, 6.07) is 0.829. The van der Waals surface area contributed by atoms with E-state index in [9.17, 15) is 0 Å². The smallest absolute Gasteiger partial charge is 0.00693 e. The Bertz CT molecular complexity index is 145. The lowest BCUT2D eigenvalue weighted by Gasteiger charge is -2.19. The van der Waals surface area contributed by atoms with Crippen LogP contribution in [0.1, 0.15) is 51.4 Å². The molecule has 1 atom stereocenters. The Hall–Kier alpha value is -0.0400. The molecule has 0 bridgehead atoms. The van der Waals surface area contributed by atoms with Crippen LogP contribution in [-0.2, 0) is 0 Å². The van der Waals surface area contributed by atoms with Crippen LogP contribution >= 0.6 is 0 Å². The number of hydrogen-bond acceptors (Lipinski definition) is 1. The van der Waals surface area contributed by atoms with Gasteiger partial charge in [0, 0.05) is 6.04 Å². The Kier molecular flexibility index (Phi) is 3.26. The highest BCUT2D eigenvalue weighted by Crippen LogP contribution is 2.36. The Morgan fingerprint density at radius 1 is 1.00 bits per heavy atom. The number of rotatable bonds is 5. The molecular formula is C12H23N. The van der Waals surface area contributed by atoms with Crippen molar-refractivity contribution in [3.8, 4) is 0 Å². The van der Waals surface area contributed by atoms with Gasteiger partial charge in [0.2, 0.25) is 0 Å². The molecule has 0 radical (unpaired) electrons. The highest BCUT2D eigenvalue weighted by atomic mass is 14.9. The fourth-order valence-corrected chi connectivity index (χ4v) is 2.74. The lowest BCUT2D eigenvalue weighted by Crippen LogP contribution is -2.27. The molecule has 0 aromatic carbocycles. The van der Waals surface area contributed by atoms with Crippen LogP contribution in [0, 0.1) is 11.8 Å². The zero-order valence-electron chi connectivity index (χ0n) is 8.89. The summed E-state index contributed by atoms with van der Waals surface area (Å²) < 4.78 is 0. The minimum absolute atomic E-state index is 0.829. The second kappa shape index (κ2) is 4.45. The van der Waals surface area contributed by atoms with E-state index >= 15 is 0 Å². The fraction of sp³-hybridized carbons (Fsp3) is 1.00. The third-order valence-electron chi connectivity index (χ3n) is 3.82. The van der Waals surface area contributed by atoms with Crippen molar-refractivity contribution in [1.82, 2.24) is 5.32 Å². The second-order valence-electron chi connectivity index (χ2n) is 5.05. The molecule has 0 spiro atoms. The minimum Gasteiger partial charge on any atom is -0.317 e. The lowest BCUT2D eigenvalue weighted by atomic mass is 9.95. The molecule has 0 heterocycles. The van der Waals surface area contributed by atoms with Gasteiger partial charge in [0.1, 0.15) is 0 Å². The summed E-state index contributed by atoms with van der Waals surface area (Å²) in [7, 11) is 2.14. The molecule has 0 saturated heterocycles. The van der Waals surface area contributed by atoms with E-state index < -0.39 is 0 Å². The Balaban J connectivity index is 1.68. The quantitative estimate of drug-likeness (QED) is 0.687. The van der Waals surface area contributed by atoms with Crippen LogP contribution in [0.15, 0.2) is 0 Å². The average Bonchev–Trinajstić information content (AvgIpc) is 2.80. The minimum atomic E-state index is 0.829. The van der Waals surface area contributed by atoms with Gasteiger partial charge in [-0.1, -0.05) is 38.5 Å². The third-order valence-corrected chi connectivity index (χ3v) is 3.82. The van der Waals surface area contributed by atoms with Crippen molar-refractivity contribution in [1.29, 1.82) is 0 Å². The summed E-state index contributed by atoms with van der Waals surface area (Å²) in [6.45, 7) is 0. The monoisotopic (exact) mass is 181 g/mol. The standard InChI is InChI=1S/C12H23N/c1-13-12(9-11-6-7-11)8-10-4-2-3-5-10/h10-13H,2-9H2,1H3. The van der Waals surface area contributed by atoms with E-state index in [1.807, 2.05) is 0 Å². The van der Waals surface area contributed by atoms with Gasteiger partial charge in [0.15, 0.2) is 0 Å². The molecule has 1 heteroatoms. The maximum atomic E-state index is 3.50. The molecule has 0 amide bonds. The summed E-state index contributed by atoms with van der Waals surface area (Å²) in [5.74, 6) is 2.13. The molecule has 1 unspecified atom stereocenters. The Labute approximate surface area is 82.3 Å². The first kappa shape index (κ1) is 9.51. The SMILES string of the molecule is CNC(CC1CCCC1)CC1CC1. The zero-order valence-corrected chi connectivity index (χ0v) is 8.89. The first-order valence-corrected chi connectivity index (χ1v) is 6.05. The largest absolute Gasteiger partial charge is 0.317 e. The molecule has 2 aliphatic rings. The van der Waals surface area contributed by atoms with E-state index in [0.29, 0.717) is 0 Å². The van der Waals surface area contributed by atoms with Gasteiger partial charge in [0.25, 0.3) is 0 Å². The van der Waals surface area contributed by atoms with Crippen molar-refractivity contribution in [3.05, 3.63) is 0 Å². The van der Waals surface area contributed by atoms with E-state index in [-0.39, 0.29) is 0 Å². The van der Waals surface area contributed by atoms with Gasteiger partial charge in [-0.2, -0.15) is 0 Å². The molecule has 0 aliphatic heterocycles. The predicted octanol–water partition coefficient (Wildman–Crippen LogP) is 2.95. The van der Waals surface area contributed by atoms with Gasteiger partial charge in [-0.05, 0) is 31.7 Å². The van der Waals surface area contributed by atoms with Crippen molar-refractivity contribution in [3.63, 3.8) is 0 Å². The molecule has 76 valence electrons. The number of nitrogens with one attached hydrogen (secondary N) is 1. The van der Waals surface area contributed by atoms with E-state index in [4.69, 9.17) is 0 Å². The van der Waals surface area contributed by atoms with Crippen LogP contribution in [0.2, 0.25) is 0 Å². The van der Waals surface area contributed by atoms with Crippen LogP contribution < -0.4 is 5.32 Å². The molecule has 1 N–H and O–H groups in total. The normalized spacial score (nSPS) is 26.5. The first-order valence-electron chi connectivity index (χ1n) is 6.05. The molecule has 2 saturated carbocycles.